The van der Waals surface area contributed by atoms with Gasteiger partial charge < -0.3 is 9.72 Å². The van der Waals surface area contributed by atoms with Gasteiger partial charge in [0.2, 0.25) is 0 Å². The summed E-state index contributed by atoms with van der Waals surface area (Å²) in [5, 5.41) is 0. The van der Waals surface area contributed by atoms with Crippen LogP contribution < -0.4 is 0 Å². The third kappa shape index (κ3) is 2.82. The van der Waals surface area contributed by atoms with Crippen molar-refractivity contribution < 1.29 is 9.53 Å². The van der Waals surface area contributed by atoms with Crippen LogP contribution in [0.5, 0.6) is 0 Å². The average molecular weight is 273 g/mol. The number of hydrogen-bond acceptors (Lipinski definition) is 2. The van der Waals surface area contributed by atoms with Crippen molar-refractivity contribution in [3.05, 3.63) is 35.7 Å². The van der Waals surface area contributed by atoms with Crippen molar-refractivity contribution in [1.82, 2.24) is 4.98 Å². The number of fused-ring (bicyclic) bond motifs is 4. The van der Waals surface area contributed by atoms with Crippen molar-refractivity contribution in [2.45, 2.75) is 57.5 Å². The summed E-state index contributed by atoms with van der Waals surface area (Å²) < 4.78 is 5.46. The number of aromatic nitrogens is 1. The predicted octanol–water partition coefficient (Wildman–Crippen LogP) is 3.72. The van der Waals surface area contributed by atoms with E-state index in [9.17, 15) is 4.79 Å². The van der Waals surface area contributed by atoms with Gasteiger partial charge >= 0.3 is 5.97 Å². The lowest BCUT2D eigenvalue weighted by Crippen LogP contribution is -2.35. The fourth-order valence-corrected chi connectivity index (χ4v) is 3.44. The van der Waals surface area contributed by atoms with Crippen LogP contribution in [0.2, 0.25) is 0 Å². The van der Waals surface area contributed by atoms with E-state index in [4.69, 9.17) is 4.74 Å². The standard InChI is InChI=1S/C17H23NO2/c1-12-11-13-7-5-3-2-4-6-8-14-9-10-15(18-14)16(13)17(19)20-12/h3,5,9-10,12-13,16,18H,2,4,6-8,11H2,1H3/b5-3-/t12-,13-,16-/m0/s1. The quantitative estimate of drug-likeness (QED) is 0.578. The molecule has 20 heavy (non-hydrogen) atoms. The van der Waals surface area contributed by atoms with Crippen LogP contribution in [0.25, 0.3) is 0 Å². The Balaban J connectivity index is 1.90. The first kappa shape index (κ1) is 13.5. The Morgan fingerprint density at radius 1 is 1.25 bits per heavy atom. The van der Waals surface area contributed by atoms with E-state index < -0.39 is 0 Å². The van der Waals surface area contributed by atoms with Crippen LogP contribution in [0.4, 0.5) is 0 Å². The third-order valence-corrected chi connectivity index (χ3v) is 4.45. The highest BCUT2D eigenvalue weighted by molar-refractivity contribution is 5.79. The largest absolute Gasteiger partial charge is 0.462 e. The van der Waals surface area contributed by atoms with Crippen molar-refractivity contribution in [2.75, 3.05) is 0 Å². The molecule has 108 valence electrons. The van der Waals surface area contributed by atoms with Crippen LogP contribution in [0.15, 0.2) is 24.3 Å². The minimum absolute atomic E-state index is 0.0412. The molecule has 1 saturated heterocycles. The highest BCUT2D eigenvalue weighted by Crippen LogP contribution is 2.37. The van der Waals surface area contributed by atoms with Gasteiger partial charge in [0.25, 0.3) is 0 Å². The number of cyclic esters (lactones) is 1. The van der Waals surface area contributed by atoms with Gasteiger partial charge in [-0.25, -0.2) is 0 Å². The second kappa shape index (κ2) is 5.86. The van der Waals surface area contributed by atoms with Crippen molar-refractivity contribution in [3.63, 3.8) is 0 Å². The summed E-state index contributed by atoms with van der Waals surface area (Å²) in [5.41, 5.74) is 2.28. The Labute approximate surface area is 120 Å². The third-order valence-electron chi connectivity index (χ3n) is 4.45. The predicted molar refractivity (Wildman–Crippen MR) is 78.5 cm³/mol. The molecule has 0 spiro atoms. The number of allylic oxidation sites excluding steroid dienone is 2. The topological polar surface area (TPSA) is 42.1 Å². The van der Waals surface area contributed by atoms with Crippen LogP contribution in [0, 0.1) is 5.92 Å². The molecule has 3 nitrogen and oxygen atoms in total. The number of esters is 1. The maximum Gasteiger partial charge on any atom is 0.315 e. The van der Waals surface area contributed by atoms with Gasteiger partial charge in [-0.05, 0) is 63.5 Å². The SMILES string of the molecule is C[C@H]1C[C@@H]2C/C=C\CCCCc3ccc([nH]3)[C@H]2C(=O)O1. The Morgan fingerprint density at radius 2 is 2.15 bits per heavy atom. The molecule has 2 bridgehead atoms. The average Bonchev–Trinajstić information content (AvgIpc) is 2.84. The van der Waals surface area contributed by atoms with Crippen molar-refractivity contribution in [1.29, 1.82) is 0 Å². The van der Waals surface area contributed by atoms with E-state index in [1.165, 1.54) is 18.5 Å². The summed E-state index contributed by atoms with van der Waals surface area (Å²) >= 11 is 0. The lowest BCUT2D eigenvalue weighted by Gasteiger charge is -2.33. The molecule has 1 aromatic rings. The van der Waals surface area contributed by atoms with Crippen LogP contribution in [0.3, 0.4) is 0 Å². The van der Waals surface area contributed by atoms with Gasteiger partial charge in [0, 0.05) is 11.4 Å². The number of aryl methyl sites for hydroxylation is 1. The number of aromatic amines is 1. The van der Waals surface area contributed by atoms with Crippen molar-refractivity contribution >= 4 is 5.97 Å². The van der Waals surface area contributed by atoms with E-state index in [1.807, 2.05) is 6.92 Å². The molecule has 1 aromatic heterocycles. The van der Waals surface area contributed by atoms with E-state index in [0.717, 1.165) is 31.4 Å². The fraction of sp³-hybridized carbons (Fsp3) is 0.588. The van der Waals surface area contributed by atoms with Gasteiger partial charge in [0.05, 0.1) is 6.10 Å². The van der Waals surface area contributed by atoms with Gasteiger partial charge in [0.15, 0.2) is 0 Å². The first-order valence-electron chi connectivity index (χ1n) is 7.77. The minimum atomic E-state index is -0.121. The number of carbonyl (C=O) groups is 1. The van der Waals surface area contributed by atoms with Gasteiger partial charge in [0.1, 0.15) is 5.92 Å². The van der Waals surface area contributed by atoms with Gasteiger partial charge in [-0.15, -0.1) is 0 Å². The van der Waals surface area contributed by atoms with Crippen molar-refractivity contribution in [3.8, 4) is 0 Å². The Morgan fingerprint density at radius 3 is 3.05 bits per heavy atom. The summed E-state index contributed by atoms with van der Waals surface area (Å²) in [6.07, 6.45) is 11.1. The van der Waals surface area contributed by atoms with E-state index in [2.05, 4.69) is 29.3 Å². The summed E-state index contributed by atoms with van der Waals surface area (Å²) in [7, 11) is 0. The summed E-state index contributed by atoms with van der Waals surface area (Å²) in [6, 6.07) is 4.20. The number of H-pyrrole nitrogens is 1. The molecule has 1 N–H and O–H groups in total. The molecule has 2 aliphatic rings. The highest BCUT2D eigenvalue weighted by atomic mass is 16.5. The fourth-order valence-electron chi connectivity index (χ4n) is 3.44. The Kier molecular flexibility index (Phi) is 3.95. The molecule has 0 aliphatic carbocycles. The summed E-state index contributed by atoms with van der Waals surface area (Å²) in [4.78, 5) is 15.7. The molecule has 2 aliphatic heterocycles. The lowest BCUT2D eigenvalue weighted by molar-refractivity contribution is -0.158. The number of hydrogen-bond donors (Lipinski definition) is 1. The van der Waals surface area contributed by atoms with Crippen LogP contribution in [-0.4, -0.2) is 17.1 Å². The zero-order valence-electron chi connectivity index (χ0n) is 12.1. The van der Waals surface area contributed by atoms with Crippen LogP contribution in [0.1, 0.15) is 56.3 Å². The molecule has 0 saturated carbocycles. The molecule has 1 fully saturated rings. The summed E-state index contributed by atoms with van der Waals surface area (Å²) in [5.74, 6) is 0.171. The molecule has 0 amide bonds. The smallest absolute Gasteiger partial charge is 0.315 e. The first-order chi connectivity index (χ1) is 9.74. The van der Waals surface area contributed by atoms with Crippen LogP contribution in [-0.2, 0) is 16.0 Å². The molecule has 0 unspecified atom stereocenters. The molecular formula is C17H23NO2. The van der Waals surface area contributed by atoms with Crippen molar-refractivity contribution in [2.24, 2.45) is 5.92 Å². The van der Waals surface area contributed by atoms with Crippen LogP contribution >= 0.6 is 0 Å². The summed E-state index contributed by atoms with van der Waals surface area (Å²) in [6.45, 7) is 1.99. The highest BCUT2D eigenvalue weighted by Gasteiger charge is 2.38. The lowest BCUT2D eigenvalue weighted by atomic mass is 9.81. The van der Waals surface area contributed by atoms with Gasteiger partial charge in [-0.2, -0.15) is 0 Å². The van der Waals surface area contributed by atoms with E-state index in [1.54, 1.807) is 0 Å². The van der Waals surface area contributed by atoms with E-state index in [-0.39, 0.29) is 18.0 Å². The van der Waals surface area contributed by atoms with E-state index in [0.29, 0.717) is 5.92 Å². The normalized spacial score (nSPS) is 32.5. The second-order valence-corrected chi connectivity index (χ2v) is 6.11. The zero-order valence-corrected chi connectivity index (χ0v) is 12.1. The Hall–Kier alpha value is -1.51. The zero-order chi connectivity index (χ0) is 13.9. The minimum Gasteiger partial charge on any atom is -0.462 e. The molecule has 0 radical (unpaired) electrons. The molecule has 3 atom stereocenters. The number of ether oxygens (including phenoxy) is 1. The number of carbonyl (C=O) groups excluding carboxylic acids is 1. The Bertz CT molecular complexity index is 503. The number of nitrogens with one attached hydrogen (secondary N) is 1. The molecule has 3 heteroatoms. The molecule has 3 heterocycles. The van der Waals surface area contributed by atoms with Gasteiger partial charge in [-0.3, -0.25) is 4.79 Å². The molecular weight excluding hydrogens is 250 g/mol. The molecule has 3 rings (SSSR count). The monoisotopic (exact) mass is 273 g/mol. The first-order valence-corrected chi connectivity index (χ1v) is 7.77. The molecule has 0 aromatic carbocycles. The van der Waals surface area contributed by atoms with E-state index >= 15 is 0 Å². The number of rotatable bonds is 0. The maximum absolute atomic E-state index is 12.3. The second-order valence-electron chi connectivity index (χ2n) is 6.11. The maximum atomic E-state index is 12.3. The van der Waals surface area contributed by atoms with Gasteiger partial charge in [-0.1, -0.05) is 12.2 Å².